The zero-order valence-electron chi connectivity index (χ0n) is 15.7. The van der Waals surface area contributed by atoms with Crippen molar-refractivity contribution in [2.45, 2.75) is 0 Å². The van der Waals surface area contributed by atoms with Crippen LogP contribution < -0.4 is 19.6 Å². The van der Waals surface area contributed by atoms with E-state index in [0.717, 1.165) is 28.8 Å². The first kappa shape index (κ1) is 19.7. The quantitative estimate of drug-likeness (QED) is 0.398. The molecule has 150 valence electrons. The monoisotopic (exact) mass is 567 g/mol. The Morgan fingerprint density at radius 1 is 0.690 bits per heavy atom. The van der Waals surface area contributed by atoms with Crippen LogP contribution >= 0.6 is 0 Å². The van der Waals surface area contributed by atoms with Gasteiger partial charge in [-0.15, -0.1) is 6.07 Å². The van der Waals surface area contributed by atoms with Gasteiger partial charge in [0.15, 0.2) is 0 Å². The Morgan fingerprint density at radius 3 is 1.48 bits per heavy atom. The Morgan fingerprint density at radius 2 is 1.07 bits per heavy atom. The summed E-state index contributed by atoms with van der Waals surface area (Å²) in [5, 5.41) is 0. The molecule has 0 spiro atoms. The van der Waals surface area contributed by atoms with Gasteiger partial charge in [-0.2, -0.15) is 13.3 Å². The molecule has 0 saturated carbocycles. The third kappa shape index (κ3) is 3.05. The van der Waals surface area contributed by atoms with Crippen LogP contribution in [0.1, 0.15) is 0 Å². The van der Waals surface area contributed by atoms with E-state index in [0.29, 0.717) is 0 Å². The van der Waals surface area contributed by atoms with Crippen LogP contribution in [0.4, 0.5) is 42.9 Å². The molecule has 0 atom stereocenters. The van der Waals surface area contributed by atoms with Crippen molar-refractivity contribution in [2.24, 2.45) is 0 Å². The number of rotatable bonds is 2. The summed E-state index contributed by atoms with van der Waals surface area (Å²) in [5.74, 6) is -1.33. The molecule has 3 aromatic rings. The van der Waals surface area contributed by atoms with Gasteiger partial charge in [0.05, 0.1) is 0 Å². The first-order chi connectivity index (χ1) is 13.5. The maximum Gasteiger partial charge on any atom is 0.0327 e. The minimum atomic E-state index is -0.663. The minimum absolute atomic E-state index is 0. The SMILES string of the molecule is CN1[CH-]N(c2[c-]c(N3[CH-]N(C)c4ccccc43)c(F)cc2F)c2ccccc21.[Os]. The Hall–Kier alpha value is -2.64. The van der Waals surface area contributed by atoms with Crippen molar-refractivity contribution >= 4 is 34.1 Å². The van der Waals surface area contributed by atoms with Crippen molar-refractivity contribution in [3.05, 3.63) is 85.6 Å². The Labute approximate surface area is 182 Å². The second-order valence-electron chi connectivity index (χ2n) is 6.83. The summed E-state index contributed by atoms with van der Waals surface area (Å²) >= 11 is 0. The molecule has 3 aromatic carbocycles. The molecule has 0 unspecified atom stereocenters. The van der Waals surface area contributed by atoms with E-state index in [2.05, 4.69) is 6.07 Å². The van der Waals surface area contributed by atoms with E-state index >= 15 is 0 Å². The van der Waals surface area contributed by atoms with Crippen LogP contribution in [0.2, 0.25) is 0 Å². The molecule has 0 fully saturated rings. The minimum Gasteiger partial charge on any atom is -0.504 e. The molecule has 0 saturated heterocycles. The van der Waals surface area contributed by atoms with Gasteiger partial charge in [-0.25, -0.2) is 0 Å². The molecule has 0 N–H and O–H groups in total. The van der Waals surface area contributed by atoms with Crippen LogP contribution in [0.25, 0.3) is 0 Å². The van der Waals surface area contributed by atoms with E-state index < -0.39 is 11.6 Å². The molecular weight excluding hydrogens is 548 g/mol. The van der Waals surface area contributed by atoms with Gasteiger partial charge in [-0.1, -0.05) is 41.7 Å². The average Bonchev–Trinajstić information content (AvgIpc) is 3.20. The largest absolute Gasteiger partial charge is 0.504 e. The number of hydrogen-bond donors (Lipinski definition) is 0. The number of halogens is 2. The topological polar surface area (TPSA) is 13.0 Å². The van der Waals surface area contributed by atoms with E-state index in [-0.39, 0.29) is 31.2 Å². The number of benzene rings is 3. The number of para-hydroxylation sites is 4. The van der Waals surface area contributed by atoms with Crippen LogP contribution in [0, 0.1) is 31.0 Å². The zero-order valence-corrected chi connectivity index (χ0v) is 18.3. The molecule has 2 aliphatic heterocycles. The third-order valence-electron chi connectivity index (χ3n) is 5.04. The number of nitrogens with zero attached hydrogens (tertiary/aromatic N) is 4. The standard InChI is InChI=1S/C22H17F2N4.Os/c1-25-13-27(19-9-5-3-7-17(19)25)21-12-22(16(24)11-15(21)23)28-14-26(2)18-8-4-6-10-20(18)28;/h3-11,13-14H,1-2H3;/q-3;. The van der Waals surface area contributed by atoms with Crippen LogP contribution in [-0.2, 0) is 19.8 Å². The van der Waals surface area contributed by atoms with E-state index in [1.165, 1.54) is 0 Å². The summed E-state index contributed by atoms with van der Waals surface area (Å²) in [4.78, 5) is 7.19. The molecule has 0 bridgehead atoms. The van der Waals surface area contributed by atoms with Gasteiger partial charge in [-0.3, -0.25) is 8.78 Å². The Bertz CT molecular complexity index is 994. The normalized spacial score (nSPS) is 14.8. The summed E-state index contributed by atoms with van der Waals surface area (Å²) < 4.78 is 29.5. The van der Waals surface area contributed by atoms with Gasteiger partial charge in [0, 0.05) is 54.2 Å². The zero-order chi connectivity index (χ0) is 19.4. The molecule has 2 aliphatic rings. The predicted octanol–water partition coefficient (Wildman–Crippen LogP) is 5.18. The van der Waals surface area contributed by atoms with Crippen molar-refractivity contribution < 1.29 is 28.6 Å². The second-order valence-corrected chi connectivity index (χ2v) is 6.83. The summed E-state index contributed by atoms with van der Waals surface area (Å²) in [7, 11) is 3.78. The van der Waals surface area contributed by atoms with Crippen LogP contribution in [0.15, 0.2) is 54.6 Å². The molecule has 5 rings (SSSR count). The summed E-state index contributed by atoms with van der Waals surface area (Å²) in [5.41, 5.74) is 3.88. The van der Waals surface area contributed by atoms with E-state index in [9.17, 15) is 8.78 Å². The van der Waals surface area contributed by atoms with Crippen LogP contribution in [0.5, 0.6) is 0 Å². The molecule has 7 heteroatoms. The molecule has 2 heterocycles. The third-order valence-corrected chi connectivity index (χ3v) is 5.04. The van der Waals surface area contributed by atoms with Crippen molar-refractivity contribution in [2.75, 3.05) is 33.7 Å². The maximum absolute atomic E-state index is 14.8. The molecule has 0 amide bonds. The van der Waals surface area contributed by atoms with Crippen molar-refractivity contribution in [3.8, 4) is 0 Å². The van der Waals surface area contributed by atoms with Crippen LogP contribution in [0.3, 0.4) is 0 Å². The van der Waals surface area contributed by atoms with E-state index in [1.807, 2.05) is 72.4 Å². The maximum atomic E-state index is 14.8. The van der Waals surface area contributed by atoms with E-state index in [4.69, 9.17) is 0 Å². The molecule has 0 aliphatic carbocycles. The smallest absolute Gasteiger partial charge is 0.0327 e. The number of hydrogen-bond acceptors (Lipinski definition) is 4. The van der Waals surface area contributed by atoms with Crippen LogP contribution in [-0.4, -0.2) is 14.1 Å². The number of fused-ring (bicyclic) bond motifs is 2. The second kappa shape index (κ2) is 7.31. The molecule has 0 radical (unpaired) electrons. The van der Waals surface area contributed by atoms with Crippen molar-refractivity contribution in [3.63, 3.8) is 0 Å². The van der Waals surface area contributed by atoms with E-state index in [1.54, 1.807) is 23.1 Å². The number of anilines is 6. The van der Waals surface area contributed by atoms with Gasteiger partial charge in [-0.05, 0) is 38.4 Å². The average molecular weight is 566 g/mol. The van der Waals surface area contributed by atoms with Gasteiger partial charge in [0.25, 0.3) is 0 Å². The molecular formula is C22H17F2N4Os-3. The summed E-state index contributed by atoms with van der Waals surface area (Å²) in [6, 6.07) is 19.2. The predicted molar refractivity (Wildman–Crippen MR) is 108 cm³/mol. The first-order valence-corrected chi connectivity index (χ1v) is 8.88. The fourth-order valence-electron chi connectivity index (χ4n) is 3.71. The fourth-order valence-corrected chi connectivity index (χ4v) is 3.71. The summed E-state index contributed by atoms with van der Waals surface area (Å²) in [6.45, 7) is 3.55. The fraction of sp³-hybridized carbons (Fsp3) is 0.0909. The van der Waals surface area contributed by atoms with Gasteiger partial charge < -0.3 is 19.6 Å². The first-order valence-electron chi connectivity index (χ1n) is 8.88. The van der Waals surface area contributed by atoms with Gasteiger partial charge in [0.1, 0.15) is 0 Å². The van der Waals surface area contributed by atoms with Crippen molar-refractivity contribution in [1.82, 2.24) is 0 Å². The Kier molecular flexibility index (Phi) is 4.96. The van der Waals surface area contributed by atoms with Gasteiger partial charge in [0.2, 0.25) is 0 Å². The van der Waals surface area contributed by atoms with Crippen molar-refractivity contribution in [1.29, 1.82) is 0 Å². The Balaban J connectivity index is 0.00000205. The molecule has 4 nitrogen and oxygen atoms in total. The molecule has 0 aromatic heterocycles. The molecule has 29 heavy (non-hydrogen) atoms. The van der Waals surface area contributed by atoms with Gasteiger partial charge >= 0.3 is 0 Å². The summed E-state index contributed by atoms with van der Waals surface area (Å²) in [6.07, 6.45) is 0.